The maximum absolute atomic E-state index is 12.4. The van der Waals surface area contributed by atoms with Crippen LogP contribution in [0.1, 0.15) is 90.2 Å². The monoisotopic (exact) mass is 828 g/mol. The fourth-order valence-corrected chi connectivity index (χ4v) is 9.68. The van der Waals surface area contributed by atoms with Crippen molar-refractivity contribution in [3.8, 4) is 0 Å². The van der Waals surface area contributed by atoms with Crippen LogP contribution in [0.15, 0.2) is 121 Å². The van der Waals surface area contributed by atoms with Crippen molar-refractivity contribution >= 4 is 66.5 Å². The summed E-state index contributed by atoms with van der Waals surface area (Å²) >= 11 is 0. The van der Waals surface area contributed by atoms with Gasteiger partial charge < -0.3 is 9.74 Å². The van der Waals surface area contributed by atoms with Crippen molar-refractivity contribution < 1.29 is 36.8 Å². The summed E-state index contributed by atoms with van der Waals surface area (Å²) in [5.41, 5.74) is 6.54. The number of hydrogen-bond acceptors (Lipinski definition) is 7. The molecule has 10 nitrogen and oxygen atoms in total. The minimum atomic E-state index is -4.02. The van der Waals surface area contributed by atoms with Crippen molar-refractivity contribution in [2.75, 3.05) is 23.7 Å². The number of hydrogen-bond donors (Lipinski definition) is 1. The summed E-state index contributed by atoms with van der Waals surface area (Å²) in [6.45, 7) is 10.4. The van der Waals surface area contributed by atoms with Gasteiger partial charge in [0.2, 0.25) is 5.69 Å². The third-order valence-electron chi connectivity index (χ3n) is 12.0. The largest absolute Gasteiger partial charge is 0.344 e. The number of amides is 2. The van der Waals surface area contributed by atoms with Gasteiger partial charge in [-0.3, -0.25) is 14.1 Å². The van der Waals surface area contributed by atoms with Crippen LogP contribution in [0, 0.1) is 0 Å². The number of anilines is 1. The number of fused-ring (bicyclic) bond motifs is 6. The molecule has 11 heteroatoms. The number of hydroxylamine groups is 2. The Bertz CT molecular complexity index is 2600. The summed E-state index contributed by atoms with van der Waals surface area (Å²) in [6, 6.07) is 25.6. The molecule has 60 heavy (non-hydrogen) atoms. The highest BCUT2D eigenvalue weighted by molar-refractivity contribution is 7.85. The third kappa shape index (κ3) is 8.79. The molecular formula is C49H54N3O7S+. The topological polar surface area (TPSA) is 124 Å². The zero-order chi connectivity index (χ0) is 42.7. The van der Waals surface area contributed by atoms with Gasteiger partial charge in [-0.1, -0.05) is 105 Å². The summed E-state index contributed by atoms with van der Waals surface area (Å²) < 4.78 is 34.5. The molecule has 4 aromatic carbocycles. The van der Waals surface area contributed by atoms with Crippen LogP contribution in [0.25, 0.3) is 21.5 Å². The van der Waals surface area contributed by atoms with Crippen LogP contribution in [0.2, 0.25) is 0 Å². The number of rotatable bonds is 16. The van der Waals surface area contributed by atoms with Crippen LogP contribution in [0.5, 0.6) is 0 Å². The Morgan fingerprint density at radius 2 is 1.38 bits per heavy atom. The molecule has 0 aliphatic carbocycles. The van der Waals surface area contributed by atoms with E-state index < -0.39 is 27.9 Å². The smallest absolute Gasteiger partial charge is 0.333 e. The lowest BCUT2D eigenvalue weighted by Gasteiger charge is -2.27. The summed E-state index contributed by atoms with van der Waals surface area (Å²) in [5, 5.41) is 5.41. The van der Waals surface area contributed by atoms with Crippen LogP contribution < -0.4 is 4.90 Å². The Morgan fingerprint density at radius 1 is 0.750 bits per heavy atom. The molecule has 2 amide bonds. The minimum absolute atomic E-state index is 0.0748. The zero-order valence-corrected chi connectivity index (χ0v) is 35.7. The first-order valence-electron chi connectivity index (χ1n) is 20.9. The molecule has 4 aromatic rings. The fraction of sp³-hybridized carbons (Fsp3) is 0.347. The molecule has 0 saturated carbocycles. The molecule has 7 rings (SSSR count). The van der Waals surface area contributed by atoms with E-state index >= 15 is 0 Å². The second-order valence-electron chi connectivity index (χ2n) is 16.8. The average Bonchev–Trinajstić information content (AvgIpc) is 3.73. The molecule has 1 saturated heterocycles. The van der Waals surface area contributed by atoms with Crippen molar-refractivity contribution in [3.63, 3.8) is 0 Å². The average molecular weight is 829 g/mol. The first-order valence-corrected chi connectivity index (χ1v) is 22.5. The predicted molar refractivity (Wildman–Crippen MR) is 238 cm³/mol. The van der Waals surface area contributed by atoms with Crippen LogP contribution in [0.4, 0.5) is 11.4 Å². The molecule has 1 fully saturated rings. The van der Waals surface area contributed by atoms with Gasteiger partial charge in [0.15, 0.2) is 5.71 Å². The van der Waals surface area contributed by atoms with Gasteiger partial charge in [-0.2, -0.15) is 13.0 Å². The number of imide groups is 1. The van der Waals surface area contributed by atoms with E-state index in [-0.39, 0.29) is 35.8 Å². The number of benzene rings is 4. The molecule has 0 aromatic heterocycles. The molecule has 3 heterocycles. The second kappa shape index (κ2) is 17.5. The lowest BCUT2D eigenvalue weighted by atomic mass is 9.79. The van der Waals surface area contributed by atoms with E-state index in [1.54, 1.807) is 0 Å². The second-order valence-corrected chi connectivity index (χ2v) is 18.4. The van der Waals surface area contributed by atoms with Crippen molar-refractivity contribution in [3.05, 3.63) is 132 Å². The highest BCUT2D eigenvalue weighted by Crippen LogP contribution is 2.51. The molecule has 0 radical (unpaired) electrons. The van der Waals surface area contributed by atoms with Crippen LogP contribution in [0.3, 0.4) is 0 Å². The molecule has 0 atom stereocenters. The zero-order valence-electron chi connectivity index (χ0n) is 34.9. The number of carbonyl (C=O) groups is 3. The predicted octanol–water partition coefficient (Wildman–Crippen LogP) is 9.56. The van der Waals surface area contributed by atoms with E-state index in [2.05, 4.69) is 128 Å². The lowest BCUT2D eigenvalue weighted by Crippen LogP contribution is -2.32. The van der Waals surface area contributed by atoms with E-state index in [4.69, 9.17) is 4.84 Å². The Hall–Kier alpha value is -5.65. The van der Waals surface area contributed by atoms with Gasteiger partial charge in [-0.15, -0.1) is 5.06 Å². The first kappa shape index (κ1) is 42.5. The Labute approximate surface area is 352 Å². The van der Waals surface area contributed by atoms with E-state index in [0.29, 0.717) is 30.9 Å². The number of nitrogens with zero attached hydrogens (tertiary/aromatic N) is 3. The fourth-order valence-electron chi connectivity index (χ4n) is 9.11. The number of unbranched alkanes of at least 4 members (excludes halogenated alkanes) is 3. The van der Waals surface area contributed by atoms with Crippen molar-refractivity contribution in [1.29, 1.82) is 0 Å². The number of carbonyl (C=O) groups excluding carboxylic acids is 3. The molecule has 3 aliphatic rings. The van der Waals surface area contributed by atoms with Crippen molar-refractivity contribution in [1.82, 2.24) is 5.06 Å². The van der Waals surface area contributed by atoms with Crippen molar-refractivity contribution in [2.45, 2.75) is 89.9 Å². The van der Waals surface area contributed by atoms with Crippen LogP contribution in [-0.4, -0.2) is 64.9 Å². The quantitative estimate of drug-likeness (QED) is 0.0390. The molecule has 312 valence electrons. The summed E-state index contributed by atoms with van der Waals surface area (Å²) in [7, 11) is -4.02. The summed E-state index contributed by atoms with van der Waals surface area (Å²) in [4.78, 5) is 43.5. The van der Waals surface area contributed by atoms with E-state index in [1.165, 1.54) is 44.1 Å². The number of allylic oxidation sites excluding steroid dienone is 8. The van der Waals surface area contributed by atoms with Gasteiger partial charge >= 0.3 is 5.97 Å². The molecular weight excluding hydrogens is 775 g/mol. The third-order valence-corrected chi connectivity index (χ3v) is 12.8. The maximum atomic E-state index is 12.4. The first-order chi connectivity index (χ1) is 28.7. The Kier molecular flexibility index (Phi) is 12.4. The lowest BCUT2D eigenvalue weighted by molar-refractivity contribution is -0.438. The SMILES string of the molecule is CC1(C)C(/C=C/C=C/C=C/C=C2\N(CCCCCC(=O)ON3C(=O)CCC3=O)c3ccc4ccccc4c3C2(C)C)=[N+](CCCCS(=O)(=O)O)c2ccc3ccccc3c21. The molecule has 0 unspecified atom stereocenters. The van der Waals surface area contributed by atoms with Crippen molar-refractivity contribution in [2.24, 2.45) is 0 Å². The van der Waals surface area contributed by atoms with E-state index in [9.17, 15) is 27.4 Å². The van der Waals surface area contributed by atoms with Gasteiger partial charge in [-0.25, -0.2) is 4.79 Å². The highest BCUT2D eigenvalue weighted by Gasteiger charge is 2.45. The summed E-state index contributed by atoms with van der Waals surface area (Å²) in [5.74, 6) is -1.76. The Balaban J connectivity index is 1.07. The van der Waals surface area contributed by atoms with Gasteiger partial charge in [0.05, 0.1) is 11.2 Å². The molecule has 3 aliphatic heterocycles. The molecule has 0 spiro atoms. The van der Waals surface area contributed by atoms with Gasteiger partial charge in [0.25, 0.3) is 21.9 Å². The minimum Gasteiger partial charge on any atom is -0.344 e. The van der Waals surface area contributed by atoms with Gasteiger partial charge in [-0.05, 0) is 78.4 Å². The van der Waals surface area contributed by atoms with Crippen LogP contribution in [-0.2, 0) is 40.2 Å². The maximum Gasteiger partial charge on any atom is 0.333 e. The highest BCUT2D eigenvalue weighted by atomic mass is 32.2. The Morgan fingerprint density at radius 3 is 2.08 bits per heavy atom. The van der Waals surface area contributed by atoms with Crippen LogP contribution >= 0.6 is 0 Å². The van der Waals surface area contributed by atoms with Gasteiger partial charge in [0.1, 0.15) is 6.54 Å². The molecule has 0 bridgehead atoms. The summed E-state index contributed by atoms with van der Waals surface area (Å²) in [6.07, 6.45) is 18.0. The standard InChI is InChI=1S/C49H53N3O7S/c1-48(2)41(50(39-28-26-35-19-12-14-21-37(35)46(39)48)32-16-8-11-25-45(55)59-52-43(53)30-31-44(52)54)23-9-6-5-7-10-24-42-49(3,4)47-38-22-15-13-20-36(38)27-29-40(47)51(42)33-17-18-34-60(56,57)58/h5-7,9-10,12-15,19-24,26-29H,8,11,16-18,25,30-34H2,1-4H3/p+1. The normalized spacial score (nSPS) is 18.1. The van der Waals surface area contributed by atoms with E-state index in [0.717, 1.165) is 30.8 Å². The van der Waals surface area contributed by atoms with Gasteiger partial charge in [0, 0.05) is 66.7 Å². The molecule has 1 N–H and O–H groups in total. The van der Waals surface area contributed by atoms with E-state index in [1.807, 2.05) is 24.3 Å².